The summed E-state index contributed by atoms with van der Waals surface area (Å²) in [6.45, 7) is 7.68. The molecule has 1 amide bonds. The summed E-state index contributed by atoms with van der Waals surface area (Å²) in [4.78, 5) is 11.9. The van der Waals surface area contributed by atoms with Crippen LogP contribution >= 0.6 is 0 Å². The van der Waals surface area contributed by atoms with E-state index in [9.17, 15) is 4.79 Å². The highest BCUT2D eigenvalue weighted by Crippen LogP contribution is 2.27. The second-order valence-corrected chi connectivity index (χ2v) is 7.59. The van der Waals surface area contributed by atoms with Gasteiger partial charge in [-0.2, -0.15) is 0 Å². The van der Waals surface area contributed by atoms with E-state index in [-0.39, 0.29) is 18.1 Å². The Morgan fingerprint density at radius 2 is 1.78 bits per heavy atom. The lowest BCUT2D eigenvalue weighted by Crippen LogP contribution is -2.83. The van der Waals surface area contributed by atoms with Gasteiger partial charge in [-0.15, -0.1) is 0 Å². The number of carbonyl (C=O) groups excluding carboxylic acids is 1. The standard InChI is InChI=1S/C22H30N2O3/c1-22(2,3)24-21(25)16-27-19-11-10-18(14-20(19)26-4)15-23-13-12-17-8-6-5-7-9-17/h5-11,14,23H,12-13,15-16H2,1-4H3,(H,24,25)/p+1. The van der Waals surface area contributed by atoms with Crippen LogP contribution in [0.2, 0.25) is 0 Å². The molecule has 0 aliphatic rings. The predicted molar refractivity (Wildman–Crippen MR) is 107 cm³/mol. The number of nitrogens with two attached hydrogens (primary N) is 1. The highest BCUT2D eigenvalue weighted by Gasteiger charge is 2.15. The van der Waals surface area contributed by atoms with Gasteiger partial charge in [-0.3, -0.25) is 4.79 Å². The lowest BCUT2D eigenvalue weighted by atomic mass is 10.1. The quantitative estimate of drug-likeness (QED) is 0.665. The van der Waals surface area contributed by atoms with Crippen molar-refractivity contribution in [3.05, 3.63) is 59.7 Å². The SMILES string of the molecule is COc1cc(C[NH2+]CCc2ccccc2)ccc1OCC(=O)NC(C)(C)C. The molecule has 0 aromatic heterocycles. The summed E-state index contributed by atoms with van der Waals surface area (Å²) in [5.41, 5.74) is 2.24. The first-order valence-corrected chi connectivity index (χ1v) is 9.34. The number of hydrogen-bond acceptors (Lipinski definition) is 3. The Balaban J connectivity index is 1.83. The van der Waals surface area contributed by atoms with Gasteiger partial charge in [0.15, 0.2) is 18.1 Å². The van der Waals surface area contributed by atoms with Gasteiger partial charge in [0.1, 0.15) is 6.54 Å². The summed E-state index contributed by atoms with van der Waals surface area (Å²) in [7, 11) is 1.61. The fraction of sp³-hybridized carbons (Fsp3) is 0.409. The van der Waals surface area contributed by atoms with Crippen LogP contribution in [0, 0.1) is 0 Å². The zero-order valence-electron chi connectivity index (χ0n) is 16.7. The molecule has 2 rings (SSSR count). The minimum absolute atomic E-state index is 0.0316. The molecular weight excluding hydrogens is 340 g/mol. The molecule has 5 nitrogen and oxygen atoms in total. The van der Waals surface area contributed by atoms with Crippen molar-refractivity contribution in [3.63, 3.8) is 0 Å². The van der Waals surface area contributed by atoms with E-state index >= 15 is 0 Å². The van der Waals surface area contributed by atoms with Gasteiger partial charge in [0.2, 0.25) is 0 Å². The van der Waals surface area contributed by atoms with Crippen molar-refractivity contribution in [2.24, 2.45) is 0 Å². The summed E-state index contributed by atoms with van der Waals surface area (Å²) in [6, 6.07) is 16.3. The highest BCUT2D eigenvalue weighted by molar-refractivity contribution is 5.78. The van der Waals surface area contributed by atoms with E-state index in [1.165, 1.54) is 5.56 Å². The van der Waals surface area contributed by atoms with E-state index in [4.69, 9.17) is 9.47 Å². The first-order valence-electron chi connectivity index (χ1n) is 9.34. The Hall–Kier alpha value is -2.53. The summed E-state index contributed by atoms with van der Waals surface area (Å²) in [6.07, 6.45) is 1.04. The van der Waals surface area contributed by atoms with Crippen molar-refractivity contribution >= 4 is 5.91 Å². The summed E-state index contributed by atoms with van der Waals surface area (Å²) in [5, 5.41) is 5.15. The highest BCUT2D eigenvalue weighted by atomic mass is 16.5. The summed E-state index contributed by atoms with van der Waals surface area (Å²) >= 11 is 0. The third-order valence-electron chi connectivity index (χ3n) is 3.96. The molecule has 146 valence electrons. The van der Waals surface area contributed by atoms with Crippen molar-refractivity contribution in [2.75, 3.05) is 20.3 Å². The summed E-state index contributed by atoms with van der Waals surface area (Å²) in [5.74, 6) is 1.07. The molecule has 0 bridgehead atoms. The van der Waals surface area contributed by atoms with Gasteiger partial charge < -0.3 is 20.1 Å². The van der Waals surface area contributed by atoms with Crippen LogP contribution in [-0.2, 0) is 17.8 Å². The number of methoxy groups -OCH3 is 1. The predicted octanol–water partition coefficient (Wildman–Crippen LogP) is 2.29. The van der Waals surface area contributed by atoms with Gasteiger partial charge >= 0.3 is 0 Å². The van der Waals surface area contributed by atoms with Gasteiger partial charge in [-0.1, -0.05) is 30.3 Å². The van der Waals surface area contributed by atoms with Crippen molar-refractivity contribution < 1.29 is 19.6 Å². The van der Waals surface area contributed by atoms with Crippen LogP contribution in [0.15, 0.2) is 48.5 Å². The van der Waals surface area contributed by atoms with E-state index in [0.29, 0.717) is 11.5 Å². The van der Waals surface area contributed by atoms with Gasteiger partial charge in [-0.25, -0.2) is 0 Å². The normalized spacial score (nSPS) is 11.1. The van der Waals surface area contributed by atoms with Crippen LogP contribution < -0.4 is 20.1 Å². The van der Waals surface area contributed by atoms with Crippen molar-refractivity contribution in [2.45, 2.75) is 39.3 Å². The molecule has 0 heterocycles. The number of benzene rings is 2. The van der Waals surface area contributed by atoms with Crippen LogP contribution in [0.3, 0.4) is 0 Å². The number of ether oxygens (including phenoxy) is 2. The van der Waals surface area contributed by atoms with E-state index in [1.807, 2.05) is 45.0 Å². The van der Waals surface area contributed by atoms with Crippen LogP contribution in [-0.4, -0.2) is 31.7 Å². The third kappa shape index (κ3) is 7.71. The number of quaternary nitrogens is 1. The Morgan fingerprint density at radius 1 is 1.04 bits per heavy atom. The Labute approximate surface area is 162 Å². The summed E-state index contributed by atoms with van der Waals surface area (Å²) < 4.78 is 11.1. The van der Waals surface area contributed by atoms with Crippen molar-refractivity contribution in [1.29, 1.82) is 0 Å². The number of nitrogens with one attached hydrogen (secondary N) is 1. The van der Waals surface area contributed by atoms with E-state index in [0.717, 1.165) is 25.1 Å². The molecule has 0 aliphatic carbocycles. The molecule has 0 fully saturated rings. The fourth-order valence-corrected chi connectivity index (χ4v) is 2.74. The van der Waals surface area contributed by atoms with Gasteiger partial charge in [0.25, 0.3) is 5.91 Å². The smallest absolute Gasteiger partial charge is 0.258 e. The largest absolute Gasteiger partial charge is 0.493 e. The van der Waals surface area contributed by atoms with Crippen LogP contribution in [0.1, 0.15) is 31.9 Å². The molecule has 2 aromatic rings. The maximum Gasteiger partial charge on any atom is 0.258 e. The molecule has 0 atom stereocenters. The molecule has 0 spiro atoms. The van der Waals surface area contributed by atoms with Crippen LogP contribution in [0.5, 0.6) is 11.5 Å². The average molecular weight is 372 g/mol. The van der Waals surface area contributed by atoms with Gasteiger partial charge in [0.05, 0.1) is 13.7 Å². The Kier molecular flexibility index (Phi) is 7.67. The number of amides is 1. The molecule has 3 N–H and O–H groups in total. The van der Waals surface area contributed by atoms with E-state index in [2.05, 4.69) is 34.9 Å². The zero-order chi connectivity index (χ0) is 19.7. The first-order chi connectivity index (χ1) is 12.9. The monoisotopic (exact) mass is 371 g/mol. The molecule has 2 aromatic carbocycles. The maximum absolute atomic E-state index is 11.9. The number of hydrogen-bond donors (Lipinski definition) is 2. The zero-order valence-corrected chi connectivity index (χ0v) is 16.7. The molecule has 5 heteroatoms. The van der Waals surface area contributed by atoms with Gasteiger partial charge in [0, 0.05) is 17.5 Å². The minimum atomic E-state index is -0.274. The number of rotatable bonds is 9. The molecule has 0 saturated heterocycles. The topological polar surface area (TPSA) is 64.2 Å². The molecule has 0 aliphatic heterocycles. The maximum atomic E-state index is 11.9. The van der Waals surface area contributed by atoms with E-state index < -0.39 is 0 Å². The molecule has 0 saturated carbocycles. The Bertz CT molecular complexity index is 724. The van der Waals surface area contributed by atoms with Crippen molar-refractivity contribution in [3.8, 4) is 11.5 Å². The second kappa shape index (κ2) is 9.97. The minimum Gasteiger partial charge on any atom is -0.493 e. The van der Waals surface area contributed by atoms with Crippen LogP contribution in [0.25, 0.3) is 0 Å². The molecule has 27 heavy (non-hydrogen) atoms. The van der Waals surface area contributed by atoms with Gasteiger partial charge in [-0.05, 0) is 44.5 Å². The Morgan fingerprint density at radius 3 is 2.44 bits per heavy atom. The first kappa shape index (κ1) is 20.8. The lowest BCUT2D eigenvalue weighted by molar-refractivity contribution is -0.670. The lowest BCUT2D eigenvalue weighted by Gasteiger charge is -2.20. The van der Waals surface area contributed by atoms with Crippen molar-refractivity contribution in [1.82, 2.24) is 5.32 Å². The number of carbonyl (C=O) groups is 1. The molecular formula is C22H31N2O3+. The molecule has 0 unspecified atom stereocenters. The fourth-order valence-electron chi connectivity index (χ4n) is 2.74. The third-order valence-corrected chi connectivity index (χ3v) is 3.96. The van der Waals surface area contributed by atoms with Crippen LogP contribution in [0.4, 0.5) is 0 Å². The van der Waals surface area contributed by atoms with E-state index in [1.54, 1.807) is 7.11 Å². The second-order valence-electron chi connectivity index (χ2n) is 7.59. The molecule has 0 radical (unpaired) electrons. The average Bonchev–Trinajstić information content (AvgIpc) is 2.63.